The Morgan fingerprint density at radius 1 is 1.30 bits per heavy atom. The highest BCUT2D eigenvalue weighted by Gasteiger charge is 2.06. The molecular formula is C17H31IN4O. The molecule has 0 aliphatic carbocycles. The molecule has 23 heavy (non-hydrogen) atoms. The molecule has 1 atom stereocenters. The lowest BCUT2D eigenvalue weighted by Crippen LogP contribution is -2.41. The molecular weight excluding hydrogens is 403 g/mol. The number of halogens is 1. The Hall–Kier alpha value is -1.05. The van der Waals surface area contributed by atoms with Crippen molar-refractivity contribution >= 4 is 29.9 Å². The van der Waals surface area contributed by atoms with E-state index in [1.54, 1.807) is 20.4 Å². The normalized spacial score (nSPS) is 12.5. The van der Waals surface area contributed by atoms with Gasteiger partial charge in [-0.25, -0.2) is 4.98 Å². The third-order valence-electron chi connectivity index (χ3n) is 3.49. The van der Waals surface area contributed by atoms with Crippen molar-refractivity contribution in [1.29, 1.82) is 0 Å². The van der Waals surface area contributed by atoms with Crippen LogP contribution in [0.4, 0.5) is 0 Å². The maximum atomic E-state index is 5.13. The summed E-state index contributed by atoms with van der Waals surface area (Å²) in [6.07, 6.45) is 5.42. The summed E-state index contributed by atoms with van der Waals surface area (Å²) in [5.74, 6) is 2.23. The molecule has 1 unspecified atom stereocenters. The number of aromatic nitrogens is 1. The third kappa shape index (κ3) is 9.63. The number of rotatable bonds is 8. The van der Waals surface area contributed by atoms with Gasteiger partial charge in [0.1, 0.15) is 0 Å². The molecule has 0 saturated carbocycles. The van der Waals surface area contributed by atoms with Crippen molar-refractivity contribution in [1.82, 2.24) is 15.6 Å². The predicted octanol–water partition coefficient (Wildman–Crippen LogP) is 3.59. The second kappa shape index (κ2) is 12.4. The Morgan fingerprint density at radius 2 is 2.04 bits per heavy atom. The van der Waals surface area contributed by atoms with E-state index in [4.69, 9.17) is 4.74 Å². The maximum Gasteiger partial charge on any atom is 0.213 e. The zero-order valence-electron chi connectivity index (χ0n) is 14.9. The van der Waals surface area contributed by atoms with E-state index >= 15 is 0 Å². The van der Waals surface area contributed by atoms with Gasteiger partial charge in [-0.05, 0) is 30.9 Å². The highest BCUT2D eigenvalue weighted by Crippen LogP contribution is 2.09. The number of nitrogens with zero attached hydrogens (tertiary/aromatic N) is 2. The molecule has 1 rings (SSSR count). The van der Waals surface area contributed by atoms with Gasteiger partial charge in [-0.15, -0.1) is 24.0 Å². The summed E-state index contributed by atoms with van der Waals surface area (Å²) in [4.78, 5) is 8.38. The monoisotopic (exact) mass is 434 g/mol. The van der Waals surface area contributed by atoms with Gasteiger partial charge in [0.05, 0.1) is 7.11 Å². The first-order chi connectivity index (χ1) is 10.5. The predicted molar refractivity (Wildman–Crippen MR) is 108 cm³/mol. The summed E-state index contributed by atoms with van der Waals surface area (Å²) in [6, 6.07) is 4.30. The molecule has 0 spiro atoms. The topological polar surface area (TPSA) is 58.5 Å². The molecule has 0 aromatic carbocycles. The van der Waals surface area contributed by atoms with Gasteiger partial charge in [0, 0.05) is 31.9 Å². The lowest BCUT2D eigenvalue weighted by molar-refractivity contribution is 0.397. The Balaban J connectivity index is 0.00000484. The molecule has 132 valence electrons. The largest absolute Gasteiger partial charge is 0.481 e. The fraction of sp³-hybridized carbons (Fsp3) is 0.647. The standard InChI is InChI=1S/C17H30N4O.HI/c1-13(2)7-6-8-14(3)21-17(18-4)20-12-15-9-10-19-16(11-15)22-5;/h9-11,13-14H,6-8,12H2,1-5H3,(H2,18,20,21);1H. The van der Waals surface area contributed by atoms with Crippen LogP contribution in [0.25, 0.3) is 0 Å². The molecule has 0 saturated heterocycles. The third-order valence-corrected chi connectivity index (χ3v) is 3.49. The van der Waals surface area contributed by atoms with Gasteiger partial charge in [-0.1, -0.05) is 26.7 Å². The van der Waals surface area contributed by atoms with Crippen LogP contribution in [0.15, 0.2) is 23.3 Å². The quantitative estimate of drug-likeness (QED) is 0.373. The number of ether oxygens (including phenoxy) is 1. The smallest absolute Gasteiger partial charge is 0.213 e. The number of hydrogen-bond donors (Lipinski definition) is 2. The van der Waals surface area contributed by atoms with Gasteiger partial charge >= 0.3 is 0 Å². The number of nitrogens with one attached hydrogen (secondary N) is 2. The minimum atomic E-state index is 0. The van der Waals surface area contributed by atoms with Crippen LogP contribution in [-0.2, 0) is 6.54 Å². The van der Waals surface area contributed by atoms with Crippen LogP contribution >= 0.6 is 24.0 Å². The first kappa shape index (κ1) is 21.9. The molecule has 1 heterocycles. The number of pyridine rings is 1. The van der Waals surface area contributed by atoms with Crippen molar-refractivity contribution in [3.05, 3.63) is 23.9 Å². The molecule has 2 N–H and O–H groups in total. The van der Waals surface area contributed by atoms with Crippen LogP contribution in [0, 0.1) is 5.92 Å². The zero-order valence-corrected chi connectivity index (χ0v) is 17.3. The summed E-state index contributed by atoms with van der Waals surface area (Å²) >= 11 is 0. The van der Waals surface area contributed by atoms with E-state index in [1.165, 1.54) is 12.8 Å². The minimum absolute atomic E-state index is 0. The number of aliphatic imine (C=N–C) groups is 1. The lowest BCUT2D eigenvalue weighted by Gasteiger charge is -2.18. The summed E-state index contributed by atoms with van der Waals surface area (Å²) in [6.45, 7) is 7.42. The van der Waals surface area contributed by atoms with Crippen molar-refractivity contribution < 1.29 is 4.74 Å². The molecule has 0 radical (unpaired) electrons. The van der Waals surface area contributed by atoms with Gasteiger partial charge < -0.3 is 15.4 Å². The van der Waals surface area contributed by atoms with Crippen molar-refractivity contribution in [2.45, 2.75) is 52.6 Å². The maximum absolute atomic E-state index is 5.13. The van der Waals surface area contributed by atoms with E-state index in [0.717, 1.165) is 23.9 Å². The Morgan fingerprint density at radius 3 is 2.65 bits per heavy atom. The van der Waals surface area contributed by atoms with Crippen LogP contribution < -0.4 is 15.4 Å². The van der Waals surface area contributed by atoms with E-state index in [0.29, 0.717) is 18.5 Å². The van der Waals surface area contributed by atoms with Crippen molar-refractivity contribution in [2.75, 3.05) is 14.2 Å². The average Bonchev–Trinajstić information content (AvgIpc) is 2.51. The molecule has 5 nitrogen and oxygen atoms in total. The number of methoxy groups -OCH3 is 1. The Labute approximate surface area is 157 Å². The SMILES string of the molecule is CN=C(NCc1ccnc(OC)c1)NC(C)CCCC(C)C.I. The van der Waals surface area contributed by atoms with Crippen LogP contribution in [0.2, 0.25) is 0 Å². The van der Waals surface area contributed by atoms with Crippen LogP contribution in [0.3, 0.4) is 0 Å². The van der Waals surface area contributed by atoms with E-state index in [2.05, 4.69) is 41.4 Å². The fourth-order valence-electron chi connectivity index (χ4n) is 2.19. The van der Waals surface area contributed by atoms with Gasteiger partial charge in [0.15, 0.2) is 5.96 Å². The molecule has 0 fully saturated rings. The molecule has 1 aromatic heterocycles. The minimum Gasteiger partial charge on any atom is -0.481 e. The summed E-state index contributed by atoms with van der Waals surface area (Å²) in [7, 11) is 3.42. The van der Waals surface area contributed by atoms with E-state index < -0.39 is 0 Å². The molecule has 1 aromatic rings. The van der Waals surface area contributed by atoms with Crippen molar-refractivity contribution in [2.24, 2.45) is 10.9 Å². The molecule has 0 bridgehead atoms. The van der Waals surface area contributed by atoms with Gasteiger partial charge in [-0.2, -0.15) is 0 Å². The Kier molecular flexibility index (Phi) is 11.8. The average molecular weight is 434 g/mol. The van der Waals surface area contributed by atoms with Crippen LogP contribution in [-0.4, -0.2) is 31.1 Å². The molecule has 0 amide bonds. The van der Waals surface area contributed by atoms with Crippen LogP contribution in [0.1, 0.15) is 45.6 Å². The van der Waals surface area contributed by atoms with Crippen molar-refractivity contribution in [3.63, 3.8) is 0 Å². The second-order valence-corrected chi connectivity index (χ2v) is 6.00. The van der Waals surface area contributed by atoms with Gasteiger partial charge in [-0.3, -0.25) is 4.99 Å². The number of guanidine groups is 1. The van der Waals surface area contributed by atoms with E-state index in [1.807, 2.05) is 12.1 Å². The second-order valence-electron chi connectivity index (χ2n) is 6.00. The zero-order chi connectivity index (χ0) is 16.4. The summed E-state index contributed by atoms with van der Waals surface area (Å²) in [5.41, 5.74) is 1.11. The molecule has 6 heteroatoms. The van der Waals surface area contributed by atoms with Gasteiger partial charge in [0.2, 0.25) is 5.88 Å². The van der Waals surface area contributed by atoms with Crippen molar-refractivity contribution in [3.8, 4) is 5.88 Å². The number of hydrogen-bond acceptors (Lipinski definition) is 3. The lowest BCUT2D eigenvalue weighted by atomic mass is 10.0. The first-order valence-electron chi connectivity index (χ1n) is 8.01. The first-order valence-corrected chi connectivity index (χ1v) is 8.01. The van der Waals surface area contributed by atoms with Gasteiger partial charge in [0.25, 0.3) is 0 Å². The molecule has 0 aliphatic rings. The highest BCUT2D eigenvalue weighted by atomic mass is 127. The van der Waals surface area contributed by atoms with E-state index in [9.17, 15) is 0 Å². The van der Waals surface area contributed by atoms with Crippen LogP contribution in [0.5, 0.6) is 5.88 Å². The summed E-state index contributed by atoms with van der Waals surface area (Å²) < 4.78 is 5.13. The molecule has 0 aliphatic heterocycles. The highest BCUT2D eigenvalue weighted by molar-refractivity contribution is 14.0. The fourth-order valence-corrected chi connectivity index (χ4v) is 2.19. The summed E-state index contributed by atoms with van der Waals surface area (Å²) in [5, 5.41) is 6.75. The van der Waals surface area contributed by atoms with E-state index in [-0.39, 0.29) is 24.0 Å². The Bertz CT molecular complexity index is 466.